The van der Waals surface area contributed by atoms with E-state index < -0.39 is 0 Å². The maximum absolute atomic E-state index is 13.0. The summed E-state index contributed by atoms with van der Waals surface area (Å²) in [6.07, 6.45) is 0. The van der Waals surface area contributed by atoms with E-state index >= 15 is 0 Å². The first-order valence-electron chi connectivity index (χ1n) is 9.17. The summed E-state index contributed by atoms with van der Waals surface area (Å²) in [5, 5.41) is 15.1. The van der Waals surface area contributed by atoms with E-state index in [0.717, 1.165) is 27.8 Å². The molecule has 1 heterocycles. The molecule has 0 aliphatic rings. The van der Waals surface area contributed by atoms with Gasteiger partial charge >= 0.3 is 0 Å². The standard InChI is InChI=1S/C21H23N5O2S/c1-12-9-13(2)15(4)20(14(12)3)19(28)11-29-21-23-24-25-26(21)18-8-6-7-17(10-18)22-16(5)27/h6-10H,11H2,1-5H3,(H,22,27). The van der Waals surface area contributed by atoms with Gasteiger partial charge in [0, 0.05) is 18.2 Å². The van der Waals surface area contributed by atoms with Gasteiger partial charge in [0.25, 0.3) is 0 Å². The maximum Gasteiger partial charge on any atom is 0.221 e. The Morgan fingerprint density at radius 2 is 1.76 bits per heavy atom. The molecule has 0 spiro atoms. The third-order valence-corrected chi connectivity index (χ3v) is 5.75. The molecule has 8 heteroatoms. The number of ketones is 1. The van der Waals surface area contributed by atoms with Crippen molar-refractivity contribution >= 4 is 29.1 Å². The number of benzene rings is 2. The summed E-state index contributed by atoms with van der Waals surface area (Å²) in [5.74, 6) is 0.132. The Bertz CT molecular complexity index is 1060. The lowest BCUT2D eigenvalue weighted by atomic mass is 9.92. The maximum atomic E-state index is 13.0. The van der Waals surface area contributed by atoms with Crippen LogP contribution < -0.4 is 5.32 Å². The summed E-state index contributed by atoms with van der Waals surface area (Å²) < 4.78 is 1.56. The van der Waals surface area contributed by atoms with Crippen molar-refractivity contribution in [3.63, 3.8) is 0 Å². The minimum atomic E-state index is -0.154. The molecule has 0 radical (unpaired) electrons. The van der Waals surface area contributed by atoms with Crippen molar-refractivity contribution < 1.29 is 9.59 Å². The number of aromatic nitrogens is 4. The number of anilines is 1. The molecule has 0 atom stereocenters. The molecule has 1 N–H and O–H groups in total. The summed E-state index contributed by atoms with van der Waals surface area (Å²) in [7, 11) is 0. The van der Waals surface area contributed by atoms with Crippen LogP contribution in [0, 0.1) is 27.7 Å². The fraction of sp³-hybridized carbons (Fsp3) is 0.286. The molecule has 3 rings (SSSR count). The number of nitrogens with one attached hydrogen (secondary N) is 1. The van der Waals surface area contributed by atoms with E-state index in [1.807, 2.05) is 39.8 Å². The van der Waals surface area contributed by atoms with Crippen molar-refractivity contribution in [1.82, 2.24) is 20.2 Å². The van der Waals surface area contributed by atoms with E-state index in [1.54, 1.807) is 16.8 Å². The Kier molecular flexibility index (Phi) is 6.12. The van der Waals surface area contributed by atoms with Gasteiger partial charge in [-0.2, -0.15) is 4.68 Å². The molecule has 0 aliphatic heterocycles. The lowest BCUT2D eigenvalue weighted by Crippen LogP contribution is -2.11. The number of thioether (sulfide) groups is 1. The molecule has 0 bridgehead atoms. The summed E-state index contributed by atoms with van der Waals surface area (Å²) in [5.41, 5.74) is 6.39. The SMILES string of the molecule is CC(=O)Nc1cccc(-n2nnnc2SCC(=O)c2c(C)c(C)cc(C)c2C)c1. The van der Waals surface area contributed by atoms with Crippen LogP contribution in [-0.2, 0) is 4.79 Å². The molecule has 0 aliphatic carbocycles. The second kappa shape index (κ2) is 8.57. The zero-order valence-corrected chi connectivity index (χ0v) is 17.9. The molecule has 150 valence electrons. The van der Waals surface area contributed by atoms with Gasteiger partial charge in [0.15, 0.2) is 5.78 Å². The highest BCUT2D eigenvalue weighted by molar-refractivity contribution is 7.99. The fourth-order valence-corrected chi connectivity index (χ4v) is 3.95. The second-order valence-corrected chi connectivity index (χ2v) is 7.89. The van der Waals surface area contributed by atoms with Gasteiger partial charge in [-0.25, -0.2) is 0 Å². The Morgan fingerprint density at radius 3 is 2.41 bits per heavy atom. The Morgan fingerprint density at radius 1 is 1.07 bits per heavy atom. The monoisotopic (exact) mass is 409 g/mol. The lowest BCUT2D eigenvalue weighted by molar-refractivity contribution is -0.114. The van der Waals surface area contributed by atoms with Crippen LogP contribution in [0.1, 0.15) is 39.5 Å². The largest absolute Gasteiger partial charge is 0.326 e. The van der Waals surface area contributed by atoms with E-state index in [-0.39, 0.29) is 17.4 Å². The summed E-state index contributed by atoms with van der Waals surface area (Å²) in [6.45, 7) is 9.46. The third-order valence-electron chi connectivity index (χ3n) is 4.83. The van der Waals surface area contributed by atoms with Gasteiger partial charge in [-0.3, -0.25) is 9.59 Å². The minimum Gasteiger partial charge on any atom is -0.326 e. The molecular weight excluding hydrogens is 386 g/mol. The Balaban J connectivity index is 1.82. The van der Waals surface area contributed by atoms with Gasteiger partial charge in [0.2, 0.25) is 11.1 Å². The number of nitrogens with zero attached hydrogens (tertiary/aromatic N) is 4. The van der Waals surface area contributed by atoms with Gasteiger partial charge in [-0.05, 0) is 78.6 Å². The number of aryl methyl sites for hydroxylation is 2. The number of Topliss-reactive ketones (excluding diaryl/α,β-unsaturated/α-hetero) is 1. The molecule has 0 saturated carbocycles. The number of carbonyl (C=O) groups is 2. The molecule has 1 amide bonds. The van der Waals surface area contributed by atoms with Crippen molar-refractivity contribution in [2.24, 2.45) is 0 Å². The average molecular weight is 410 g/mol. The average Bonchev–Trinajstić information content (AvgIpc) is 3.13. The predicted octanol–water partition coefficient (Wildman–Crippen LogP) is 3.83. The zero-order valence-electron chi connectivity index (χ0n) is 17.1. The van der Waals surface area contributed by atoms with Crippen molar-refractivity contribution in [2.75, 3.05) is 11.1 Å². The molecular formula is C21H23N5O2S. The summed E-state index contributed by atoms with van der Waals surface area (Å²) in [4.78, 5) is 24.3. The number of rotatable bonds is 6. The zero-order chi connectivity index (χ0) is 21.1. The fourth-order valence-electron chi connectivity index (χ4n) is 3.19. The minimum absolute atomic E-state index is 0.0540. The summed E-state index contributed by atoms with van der Waals surface area (Å²) in [6, 6.07) is 9.33. The number of amides is 1. The van der Waals surface area contributed by atoms with E-state index in [0.29, 0.717) is 16.5 Å². The van der Waals surface area contributed by atoms with Crippen molar-refractivity contribution in [3.05, 3.63) is 58.1 Å². The molecule has 0 unspecified atom stereocenters. The van der Waals surface area contributed by atoms with Crippen LogP contribution in [0.3, 0.4) is 0 Å². The number of hydrogen-bond donors (Lipinski definition) is 1. The lowest BCUT2D eigenvalue weighted by Gasteiger charge is -2.14. The third kappa shape index (κ3) is 4.54. The molecule has 1 aromatic heterocycles. The number of carbonyl (C=O) groups excluding carboxylic acids is 2. The quantitative estimate of drug-likeness (QED) is 0.492. The van der Waals surface area contributed by atoms with Crippen LogP contribution in [0.25, 0.3) is 5.69 Å². The first kappa shape index (κ1) is 20.7. The van der Waals surface area contributed by atoms with Crippen molar-refractivity contribution in [1.29, 1.82) is 0 Å². The highest BCUT2D eigenvalue weighted by Gasteiger charge is 2.18. The van der Waals surface area contributed by atoms with E-state index in [2.05, 4.69) is 26.9 Å². The van der Waals surface area contributed by atoms with Crippen LogP contribution in [-0.4, -0.2) is 37.7 Å². The normalized spacial score (nSPS) is 10.8. The van der Waals surface area contributed by atoms with Crippen LogP contribution >= 0.6 is 11.8 Å². The number of hydrogen-bond acceptors (Lipinski definition) is 6. The molecule has 0 saturated heterocycles. The van der Waals surface area contributed by atoms with E-state index in [1.165, 1.54) is 18.7 Å². The highest BCUT2D eigenvalue weighted by Crippen LogP contribution is 2.26. The first-order valence-corrected chi connectivity index (χ1v) is 10.2. The second-order valence-electron chi connectivity index (χ2n) is 6.95. The summed E-state index contributed by atoms with van der Waals surface area (Å²) >= 11 is 1.29. The number of tetrazole rings is 1. The smallest absolute Gasteiger partial charge is 0.221 e. The van der Waals surface area contributed by atoms with Crippen molar-refractivity contribution in [3.8, 4) is 5.69 Å². The van der Waals surface area contributed by atoms with Crippen LogP contribution in [0.5, 0.6) is 0 Å². The van der Waals surface area contributed by atoms with Crippen LogP contribution in [0.15, 0.2) is 35.5 Å². The van der Waals surface area contributed by atoms with E-state index in [4.69, 9.17) is 0 Å². The Labute approximate surface area is 173 Å². The highest BCUT2D eigenvalue weighted by atomic mass is 32.2. The molecule has 7 nitrogen and oxygen atoms in total. The van der Waals surface area contributed by atoms with E-state index in [9.17, 15) is 9.59 Å². The molecule has 0 fully saturated rings. The molecule has 2 aromatic carbocycles. The van der Waals surface area contributed by atoms with Crippen LogP contribution in [0.4, 0.5) is 5.69 Å². The van der Waals surface area contributed by atoms with Crippen molar-refractivity contribution in [2.45, 2.75) is 39.8 Å². The predicted molar refractivity (Wildman–Crippen MR) is 114 cm³/mol. The topological polar surface area (TPSA) is 89.8 Å². The van der Waals surface area contributed by atoms with Gasteiger partial charge in [0.05, 0.1) is 11.4 Å². The molecule has 29 heavy (non-hydrogen) atoms. The molecule has 3 aromatic rings. The van der Waals surface area contributed by atoms with Crippen LogP contribution in [0.2, 0.25) is 0 Å². The first-order chi connectivity index (χ1) is 13.8. The van der Waals surface area contributed by atoms with Gasteiger partial charge in [0.1, 0.15) is 0 Å². The van der Waals surface area contributed by atoms with Gasteiger partial charge < -0.3 is 5.32 Å². The van der Waals surface area contributed by atoms with Gasteiger partial charge in [-0.1, -0.05) is 23.9 Å². The van der Waals surface area contributed by atoms with Gasteiger partial charge in [-0.15, -0.1) is 5.10 Å². The Hall–Kier alpha value is -3.00.